The van der Waals surface area contributed by atoms with Crippen molar-refractivity contribution in [2.24, 2.45) is 17.4 Å². The van der Waals surface area contributed by atoms with Crippen molar-refractivity contribution >= 4 is 5.91 Å². The van der Waals surface area contributed by atoms with Gasteiger partial charge in [0.2, 0.25) is 5.91 Å². The van der Waals surface area contributed by atoms with E-state index in [2.05, 4.69) is 36.9 Å². The van der Waals surface area contributed by atoms with Gasteiger partial charge in [-0.3, -0.25) is 4.79 Å². The second-order valence-corrected chi connectivity index (χ2v) is 5.97. The Kier molecular flexibility index (Phi) is 4.78. The predicted molar refractivity (Wildman–Crippen MR) is 81.2 cm³/mol. The van der Waals surface area contributed by atoms with Crippen LogP contribution >= 0.6 is 0 Å². The van der Waals surface area contributed by atoms with Crippen molar-refractivity contribution in [2.45, 2.75) is 32.7 Å². The van der Waals surface area contributed by atoms with E-state index in [0.29, 0.717) is 0 Å². The maximum absolute atomic E-state index is 11.3. The highest BCUT2D eigenvalue weighted by molar-refractivity contribution is 5.76. The number of primary amides is 1. The smallest absolute Gasteiger partial charge is 0.221 e. The van der Waals surface area contributed by atoms with Gasteiger partial charge in [-0.2, -0.15) is 0 Å². The van der Waals surface area contributed by atoms with Crippen molar-refractivity contribution in [3.63, 3.8) is 0 Å². The van der Waals surface area contributed by atoms with Gasteiger partial charge in [-0.1, -0.05) is 23.8 Å². The number of amides is 1. The van der Waals surface area contributed by atoms with Crippen LogP contribution in [0.4, 0.5) is 0 Å². The Morgan fingerprint density at radius 3 is 2.90 bits per heavy atom. The average Bonchev–Trinajstić information content (AvgIpc) is 2.41. The van der Waals surface area contributed by atoms with Crippen LogP contribution in [0, 0.1) is 19.8 Å². The van der Waals surface area contributed by atoms with Crippen molar-refractivity contribution in [3.05, 3.63) is 34.9 Å². The minimum atomic E-state index is -0.185. The van der Waals surface area contributed by atoms with E-state index in [1.165, 1.54) is 16.7 Å². The maximum Gasteiger partial charge on any atom is 0.221 e. The Bertz CT molecular complexity index is 487. The minimum absolute atomic E-state index is 0.0125. The lowest BCUT2D eigenvalue weighted by atomic mass is 9.95. The van der Waals surface area contributed by atoms with E-state index in [4.69, 9.17) is 11.5 Å². The number of nitrogens with zero attached hydrogens (tertiary/aromatic N) is 1. The van der Waals surface area contributed by atoms with Crippen molar-refractivity contribution in [3.8, 4) is 0 Å². The van der Waals surface area contributed by atoms with Gasteiger partial charge in [-0.15, -0.1) is 0 Å². The summed E-state index contributed by atoms with van der Waals surface area (Å²) < 4.78 is 0. The highest BCUT2D eigenvalue weighted by Gasteiger charge is 2.25. The van der Waals surface area contributed by atoms with Crippen molar-refractivity contribution in [2.75, 3.05) is 19.6 Å². The molecule has 1 fully saturated rings. The summed E-state index contributed by atoms with van der Waals surface area (Å²) >= 11 is 0. The van der Waals surface area contributed by atoms with E-state index in [0.717, 1.165) is 32.5 Å². The van der Waals surface area contributed by atoms with Crippen LogP contribution in [0.1, 0.15) is 35.6 Å². The van der Waals surface area contributed by atoms with Crippen molar-refractivity contribution < 1.29 is 4.79 Å². The third kappa shape index (κ3) is 3.58. The number of rotatable bonds is 4. The van der Waals surface area contributed by atoms with Crippen LogP contribution in [0.5, 0.6) is 0 Å². The summed E-state index contributed by atoms with van der Waals surface area (Å²) in [7, 11) is 0. The molecular formula is C16H25N3O. The van der Waals surface area contributed by atoms with Crippen LogP contribution < -0.4 is 11.5 Å². The molecule has 2 atom stereocenters. The van der Waals surface area contributed by atoms with Crippen LogP contribution in [0.3, 0.4) is 0 Å². The first-order chi connectivity index (χ1) is 9.47. The first-order valence-electron chi connectivity index (χ1n) is 7.31. The molecule has 1 saturated heterocycles. The molecule has 2 unspecified atom stereocenters. The Morgan fingerprint density at radius 1 is 1.45 bits per heavy atom. The van der Waals surface area contributed by atoms with Gasteiger partial charge in [0.25, 0.3) is 0 Å². The van der Waals surface area contributed by atoms with Gasteiger partial charge in [-0.05, 0) is 44.4 Å². The zero-order valence-electron chi connectivity index (χ0n) is 12.4. The van der Waals surface area contributed by atoms with Gasteiger partial charge in [-0.25, -0.2) is 0 Å². The van der Waals surface area contributed by atoms with Crippen LogP contribution in [-0.2, 0) is 4.79 Å². The first kappa shape index (κ1) is 15.0. The summed E-state index contributed by atoms with van der Waals surface area (Å²) in [4.78, 5) is 13.6. The standard InChI is InChI=1S/C16H25N3O/c1-11-5-6-12(2)14(8-11)15(17)10-19-7-3-4-13(9-19)16(18)20/h5-6,8,13,15H,3-4,7,9-10,17H2,1-2H3,(H2,18,20). The predicted octanol–water partition coefficient (Wildman–Crippen LogP) is 1.50. The molecule has 110 valence electrons. The van der Waals surface area contributed by atoms with E-state index < -0.39 is 0 Å². The minimum Gasteiger partial charge on any atom is -0.369 e. The largest absolute Gasteiger partial charge is 0.369 e. The number of hydrogen-bond donors (Lipinski definition) is 2. The van der Waals surface area contributed by atoms with Crippen LogP contribution in [0.15, 0.2) is 18.2 Å². The number of likely N-dealkylation sites (tertiary alicyclic amines) is 1. The molecule has 0 radical (unpaired) electrons. The first-order valence-corrected chi connectivity index (χ1v) is 7.31. The summed E-state index contributed by atoms with van der Waals surface area (Å²) in [6, 6.07) is 6.37. The number of nitrogens with two attached hydrogens (primary N) is 2. The summed E-state index contributed by atoms with van der Waals surface area (Å²) in [5.41, 5.74) is 15.4. The molecular weight excluding hydrogens is 250 g/mol. The molecule has 0 saturated carbocycles. The second kappa shape index (κ2) is 6.37. The van der Waals surface area contributed by atoms with E-state index in [9.17, 15) is 4.79 Å². The van der Waals surface area contributed by atoms with Crippen LogP contribution in [0.2, 0.25) is 0 Å². The van der Waals surface area contributed by atoms with Crippen LogP contribution in [-0.4, -0.2) is 30.4 Å². The molecule has 1 amide bonds. The number of aryl methyl sites for hydroxylation is 2. The molecule has 1 aliphatic heterocycles. The molecule has 2 rings (SSSR count). The average molecular weight is 275 g/mol. The van der Waals surface area contributed by atoms with Crippen molar-refractivity contribution in [1.29, 1.82) is 0 Å². The van der Waals surface area contributed by atoms with Gasteiger partial charge in [0.1, 0.15) is 0 Å². The van der Waals surface area contributed by atoms with Gasteiger partial charge >= 0.3 is 0 Å². The number of piperidine rings is 1. The molecule has 4 N–H and O–H groups in total. The quantitative estimate of drug-likeness (QED) is 0.874. The third-order valence-electron chi connectivity index (χ3n) is 4.20. The highest BCUT2D eigenvalue weighted by atomic mass is 16.1. The Morgan fingerprint density at radius 2 is 2.20 bits per heavy atom. The lowest BCUT2D eigenvalue weighted by Gasteiger charge is -2.33. The summed E-state index contributed by atoms with van der Waals surface area (Å²) in [5, 5.41) is 0. The highest BCUT2D eigenvalue weighted by Crippen LogP contribution is 2.22. The topological polar surface area (TPSA) is 72.3 Å². The molecule has 20 heavy (non-hydrogen) atoms. The number of hydrogen-bond acceptors (Lipinski definition) is 3. The van der Waals surface area contributed by atoms with Crippen molar-refractivity contribution in [1.82, 2.24) is 4.90 Å². The van der Waals surface area contributed by atoms with Gasteiger partial charge in [0.05, 0.1) is 5.92 Å². The second-order valence-electron chi connectivity index (χ2n) is 5.97. The Labute approximate surface area is 121 Å². The molecule has 0 aliphatic carbocycles. The maximum atomic E-state index is 11.3. The van der Waals surface area contributed by atoms with Gasteiger partial charge in [0, 0.05) is 19.1 Å². The van der Waals surface area contributed by atoms with E-state index in [-0.39, 0.29) is 17.9 Å². The molecule has 4 heteroatoms. The van der Waals surface area contributed by atoms with Crippen LogP contribution in [0.25, 0.3) is 0 Å². The monoisotopic (exact) mass is 275 g/mol. The normalized spacial score (nSPS) is 21.6. The lowest BCUT2D eigenvalue weighted by Crippen LogP contribution is -2.43. The molecule has 0 bridgehead atoms. The van der Waals surface area contributed by atoms with E-state index in [1.54, 1.807) is 0 Å². The number of benzene rings is 1. The Balaban J connectivity index is 2.02. The fourth-order valence-electron chi connectivity index (χ4n) is 2.99. The molecule has 4 nitrogen and oxygen atoms in total. The summed E-state index contributed by atoms with van der Waals surface area (Å²) in [6.07, 6.45) is 1.93. The molecule has 1 heterocycles. The lowest BCUT2D eigenvalue weighted by molar-refractivity contribution is -0.123. The zero-order valence-corrected chi connectivity index (χ0v) is 12.4. The fourth-order valence-corrected chi connectivity index (χ4v) is 2.99. The third-order valence-corrected chi connectivity index (χ3v) is 4.20. The number of carbonyl (C=O) groups excluding carboxylic acids is 1. The Hall–Kier alpha value is -1.39. The summed E-state index contributed by atoms with van der Waals surface area (Å²) in [6.45, 7) is 6.71. The molecule has 0 spiro atoms. The molecule has 0 aromatic heterocycles. The molecule has 1 aliphatic rings. The van der Waals surface area contributed by atoms with Gasteiger partial charge in [0.15, 0.2) is 0 Å². The van der Waals surface area contributed by atoms with E-state index >= 15 is 0 Å². The number of carbonyl (C=O) groups is 1. The molecule has 1 aromatic carbocycles. The summed E-state index contributed by atoms with van der Waals surface area (Å²) in [5.74, 6) is -0.204. The van der Waals surface area contributed by atoms with Gasteiger partial charge < -0.3 is 16.4 Å². The zero-order chi connectivity index (χ0) is 14.7. The van der Waals surface area contributed by atoms with E-state index in [1.807, 2.05) is 0 Å². The fraction of sp³-hybridized carbons (Fsp3) is 0.562. The molecule has 1 aromatic rings. The SMILES string of the molecule is Cc1ccc(C)c(C(N)CN2CCCC(C(N)=O)C2)c1.